The van der Waals surface area contributed by atoms with Gasteiger partial charge in [0.2, 0.25) is 0 Å². The second kappa shape index (κ2) is 5.83. The minimum absolute atomic E-state index is 0.117. The molecule has 20 heavy (non-hydrogen) atoms. The molecule has 2 rings (SSSR count). The summed E-state index contributed by atoms with van der Waals surface area (Å²) in [6.45, 7) is 5.57. The summed E-state index contributed by atoms with van der Waals surface area (Å²) in [6.07, 6.45) is 3.14. The van der Waals surface area contributed by atoms with E-state index in [2.05, 4.69) is 0 Å². The minimum Gasteiger partial charge on any atom is -0.476 e. The zero-order valence-corrected chi connectivity index (χ0v) is 12.4. The second-order valence-electron chi connectivity index (χ2n) is 5.69. The normalized spacial score (nSPS) is 18.3. The largest absolute Gasteiger partial charge is 0.476 e. The van der Waals surface area contributed by atoms with Gasteiger partial charge >= 0.3 is 5.97 Å². The fourth-order valence-electron chi connectivity index (χ4n) is 2.53. The van der Waals surface area contributed by atoms with Crippen LogP contribution >= 0.6 is 0 Å². The molecule has 4 heteroatoms. The Bertz CT molecular complexity index is 496. The number of ether oxygens (including phenoxy) is 2. The number of carbonyl (C=O) groups excluding carboxylic acids is 1. The van der Waals surface area contributed by atoms with Crippen LogP contribution in [0.2, 0.25) is 0 Å². The van der Waals surface area contributed by atoms with Crippen molar-refractivity contribution < 1.29 is 14.3 Å². The van der Waals surface area contributed by atoms with Crippen LogP contribution < -0.4 is 10.5 Å². The number of hydrogen-bond donors (Lipinski definition) is 1. The Labute approximate surface area is 120 Å². The molecular weight excluding hydrogens is 254 g/mol. The molecule has 0 amide bonds. The fraction of sp³-hybridized carbons (Fsp3) is 0.562. The first kappa shape index (κ1) is 14.9. The third-order valence-electron chi connectivity index (χ3n) is 3.62. The molecule has 1 unspecified atom stereocenters. The molecule has 1 atom stereocenters. The van der Waals surface area contributed by atoms with Gasteiger partial charge in [-0.05, 0) is 63.3 Å². The Hall–Kier alpha value is -1.55. The van der Waals surface area contributed by atoms with Crippen LogP contribution in [0.5, 0.6) is 5.75 Å². The van der Waals surface area contributed by atoms with E-state index in [9.17, 15) is 4.79 Å². The number of nitrogens with two attached hydrogens (primary N) is 1. The first-order valence-electron chi connectivity index (χ1n) is 7.18. The van der Waals surface area contributed by atoms with E-state index >= 15 is 0 Å². The summed E-state index contributed by atoms with van der Waals surface area (Å²) in [5, 5.41) is 0. The molecule has 2 N–H and O–H groups in total. The molecule has 0 heterocycles. The van der Waals surface area contributed by atoms with Crippen LogP contribution in [0, 0.1) is 0 Å². The number of benzene rings is 1. The summed E-state index contributed by atoms with van der Waals surface area (Å²) >= 11 is 0. The molecular formula is C16H23NO3. The zero-order chi connectivity index (χ0) is 14.8. The molecule has 0 radical (unpaired) electrons. The fourth-order valence-corrected chi connectivity index (χ4v) is 2.53. The molecule has 4 nitrogen and oxygen atoms in total. The molecule has 110 valence electrons. The van der Waals surface area contributed by atoms with Crippen molar-refractivity contribution in [1.82, 2.24) is 0 Å². The van der Waals surface area contributed by atoms with E-state index in [0.717, 1.165) is 19.3 Å². The van der Waals surface area contributed by atoms with Crippen LogP contribution in [-0.2, 0) is 16.0 Å². The molecule has 0 aliphatic heterocycles. The first-order chi connectivity index (χ1) is 9.44. The highest BCUT2D eigenvalue weighted by Crippen LogP contribution is 2.31. The Morgan fingerprint density at radius 2 is 2.20 bits per heavy atom. The maximum atomic E-state index is 11.8. The predicted octanol–water partition coefficient (Wildman–Crippen LogP) is 2.74. The van der Waals surface area contributed by atoms with Crippen molar-refractivity contribution >= 4 is 5.97 Å². The molecule has 0 aromatic heterocycles. The van der Waals surface area contributed by atoms with Gasteiger partial charge < -0.3 is 15.2 Å². The van der Waals surface area contributed by atoms with Gasteiger partial charge in [0.1, 0.15) is 5.75 Å². The van der Waals surface area contributed by atoms with Crippen LogP contribution in [0.25, 0.3) is 0 Å². The molecule has 0 fully saturated rings. The van der Waals surface area contributed by atoms with E-state index in [4.69, 9.17) is 15.2 Å². The summed E-state index contributed by atoms with van der Waals surface area (Å²) in [4.78, 5) is 11.8. The number of hydrogen-bond acceptors (Lipinski definition) is 4. The highest BCUT2D eigenvalue weighted by Gasteiger charge is 2.32. The van der Waals surface area contributed by atoms with Crippen molar-refractivity contribution in [3.8, 4) is 5.75 Å². The number of carbonyl (C=O) groups is 1. The molecule has 0 saturated carbocycles. The van der Waals surface area contributed by atoms with Crippen molar-refractivity contribution in [1.29, 1.82) is 0 Å². The van der Waals surface area contributed by atoms with E-state index in [0.29, 0.717) is 12.4 Å². The van der Waals surface area contributed by atoms with Crippen molar-refractivity contribution in [2.45, 2.75) is 51.7 Å². The molecule has 0 bridgehead atoms. The Morgan fingerprint density at radius 3 is 2.90 bits per heavy atom. The lowest BCUT2D eigenvalue weighted by Crippen LogP contribution is -2.39. The van der Waals surface area contributed by atoms with E-state index in [1.54, 1.807) is 20.8 Å². The standard InChI is InChI=1S/C16H23NO3/c1-4-19-15(18)16(2,3)20-12-8-9-13-11(10-12)6-5-7-14(13)17/h8-10,14H,4-7,17H2,1-3H3. The van der Waals surface area contributed by atoms with Crippen molar-refractivity contribution in [3.05, 3.63) is 29.3 Å². The Balaban J connectivity index is 2.16. The SMILES string of the molecule is CCOC(=O)C(C)(C)Oc1ccc2c(c1)CCCC2N. The topological polar surface area (TPSA) is 61.5 Å². The zero-order valence-electron chi connectivity index (χ0n) is 12.4. The first-order valence-corrected chi connectivity index (χ1v) is 7.18. The van der Waals surface area contributed by atoms with Crippen LogP contribution in [-0.4, -0.2) is 18.2 Å². The van der Waals surface area contributed by atoms with E-state index in [1.165, 1.54) is 11.1 Å². The summed E-state index contributed by atoms with van der Waals surface area (Å²) in [6, 6.07) is 6.00. The summed E-state index contributed by atoms with van der Waals surface area (Å²) in [5.41, 5.74) is 7.53. The molecule has 1 aromatic rings. The third kappa shape index (κ3) is 3.12. The van der Waals surface area contributed by atoms with Crippen molar-refractivity contribution in [2.75, 3.05) is 6.61 Å². The van der Waals surface area contributed by atoms with Crippen molar-refractivity contribution in [3.63, 3.8) is 0 Å². The summed E-state index contributed by atoms with van der Waals surface area (Å²) in [5.74, 6) is 0.338. The second-order valence-corrected chi connectivity index (χ2v) is 5.69. The van der Waals surface area contributed by atoms with Gasteiger partial charge in [0.15, 0.2) is 5.60 Å². The van der Waals surface area contributed by atoms with Gasteiger partial charge in [0.25, 0.3) is 0 Å². The lowest BCUT2D eigenvalue weighted by molar-refractivity contribution is -0.158. The molecule has 0 spiro atoms. The lowest BCUT2D eigenvalue weighted by atomic mass is 9.88. The van der Waals surface area contributed by atoms with E-state index in [-0.39, 0.29) is 12.0 Å². The van der Waals surface area contributed by atoms with Crippen LogP contribution in [0.15, 0.2) is 18.2 Å². The van der Waals surface area contributed by atoms with Gasteiger partial charge in [-0.2, -0.15) is 0 Å². The van der Waals surface area contributed by atoms with E-state index in [1.807, 2.05) is 18.2 Å². The minimum atomic E-state index is -0.985. The Kier molecular flexibility index (Phi) is 4.33. The van der Waals surface area contributed by atoms with E-state index < -0.39 is 5.60 Å². The van der Waals surface area contributed by atoms with Gasteiger partial charge in [0.05, 0.1) is 6.61 Å². The average Bonchev–Trinajstić information content (AvgIpc) is 2.38. The number of rotatable bonds is 4. The van der Waals surface area contributed by atoms with Gasteiger partial charge in [-0.25, -0.2) is 4.79 Å². The lowest BCUT2D eigenvalue weighted by Gasteiger charge is -2.26. The monoisotopic (exact) mass is 277 g/mol. The van der Waals surface area contributed by atoms with Gasteiger partial charge in [-0.3, -0.25) is 0 Å². The van der Waals surface area contributed by atoms with Gasteiger partial charge in [-0.15, -0.1) is 0 Å². The Morgan fingerprint density at radius 1 is 1.45 bits per heavy atom. The number of fused-ring (bicyclic) bond motifs is 1. The van der Waals surface area contributed by atoms with Crippen LogP contribution in [0.4, 0.5) is 0 Å². The molecule has 0 saturated heterocycles. The highest BCUT2D eigenvalue weighted by molar-refractivity contribution is 5.79. The smallest absolute Gasteiger partial charge is 0.349 e. The summed E-state index contributed by atoms with van der Waals surface area (Å²) in [7, 11) is 0. The number of esters is 1. The maximum absolute atomic E-state index is 11.8. The molecule has 1 aliphatic rings. The summed E-state index contributed by atoms with van der Waals surface area (Å²) < 4.78 is 10.8. The molecule has 1 aliphatic carbocycles. The predicted molar refractivity (Wildman–Crippen MR) is 77.6 cm³/mol. The van der Waals surface area contributed by atoms with Gasteiger partial charge in [0, 0.05) is 6.04 Å². The maximum Gasteiger partial charge on any atom is 0.349 e. The van der Waals surface area contributed by atoms with Crippen LogP contribution in [0.3, 0.4) is 0 Å². The van der Waals surface area contributed by atoms with Crippen molar-refractivity contribution in [2.24, 2.45) is 5.73 Å². The average molecular weight is 277 g/mol. The van der Waals surface area contributed by atoms with Crippen LogP contribution in [0.1, 0.15) is 50.8 Å². The highest BCUT2D eigenvalue weighted by atomic mass is 16.6. The van der Waals surface area contributed by atoms with Gasteiger partial charge in [-0.1, -0.05) is 6.07 Å². The quantitative estimate of drug-likeness (QED) is 0.860. The molecule has 1 aromatic carbocycles. The third-order valence-corrected chi connectivity index (χ3v) is 3.62. The number of aryl methyl sites for hydroxylation is 1.